The van der Waals surface area contributed by atoms with Gasteiger partial charge in [0.2, 0.25) is 10.0 Å². The quantitative estimate of drug-likeness (QED) is 0.755. The maximum Gasteiger partial charge on any atom is 0.245 e. The largest absolute Gasteiger partial charge is 0.452 e. The second-order valence-corrected chi connectivity index (χ2v) is 8.22. The van der Waals surface area contributed by atoms with Crippen LogP contribution in [0.1, 0.15) is 23.5 Å². The molecule has 0 saturated heterocycles. The van der Waals surface area contributed by atoms with E-state index in [1.165, 1.54) is 24.2 Å². The summed E-state index contributed by atoms with van der Waals surface area (Å²) in [5, 5.41) is 3.28. The van der Waals surface area contributed by atoms with E-state index in [0.29, 0.717) is 18.3 Å². The van der Waals surface area contributed by atoms with Crippen molar-refractivity contribution in [2.45, 2.75) is 36.9 Å². The highest BCUT2D eigenvalue weighted by Gasteiger charge is 2.24. The Labute approximate surface area is 135 Å². The van der Waals surface area contributed by atoms with Crippen LogP contribution in [0, 0.1) is 0 Å². The molecule has 21 heavy (non-hydrogen) atoms. The summed E-state index contributed by atoms with van der Waals surface area (Å²) in [6.07, 6.45) is 3.98. The van der Waals surface area contributed by atoms with Crippen molar-refractivity contribution in [2.24, 2.45) is 0 Å². The monoisotopic (exact) mass is 391 g/mol. The van der Waals surface area contributed by atoms with Gasteiger partial charge < -0.3 is 9.73 Å². The molecule has 2 heterocycles. The lowest BCUT2D eigenvalue weighted by Gasteiger charge is -2.02. The van der Waals surface area contributed by atoms with Crippen LogP contribution in [-0.2, 0) is 23.1 Å². The van der Waals surface area contributed by atoms with Crippen molar-refractivity contribution in [1.29, 1.82) is 0 Å². The first kappa shape index (κ1) is 15.2. The molecular formula is C12H14BrN3O3S2. The van der Waals surface area contributed by atoms with Crippen LogP contribution in [0.5, 0.6) is 0 Å². The van der Waals surface area contributed by atoms with Gasteiger partial charge in [0.1, 0.15) is 10.7 Å². The molecule has 0 unspecified atom stereocenters. The second-order valence-electron chi connectivity index (χ2n) is 4.80. The summed E-state index contributed by atoms with van der Waals surface area (Å²) in [7, 11) is -3.61. The molecule has 1 aliphatic rings. The zero-order valence-corrected chi connectivity index (χ0v) is 14.2. The molecule has 0 bridgehead atoms. The van der Waals surface area contributed by atoms with Gasteiger partial charge >= 0.3 is 0 Å². The van der Waals surface area contributed by atoms with Gasteiger partial charge in [-0.25, -0.2) is 13.1 Å². The van der Waals surface area contributed by atoms with E-state index in [1.807, 2.05) is 0 Å². The van der Waals surface area contributed by atoms with E-state index in [1.54, 1.807) is 17.8 Å². The zero-order valence-electron chi connectivity index (χ0n) is 11.0. The summed E-state index contributed by atoms with van der Waals surface area (Å²) in [6, 6.07) is 2.09. The Bertz CT molecular complexity index is 708. The Morgan fingerprint density at radius 1 is 1.43 bits per heavy atom. The van der Waals surface area contributed by atoms with Crippen LogP contribution in [0.4, 0.5) is 0 Å². The van der Waals surface area contributed by atoms with Crippen molar-refractivity contribution < 1.29 is 12.8 Å². The Morgan fingerprint density at radius 2 is 2.24 bits per heavy atom. The predicted molar refractivity (Wildman–Crippen MR) is 82.4 cm³/mol. The smallest absolute Gasteiger partial charge is 0.245 e. The van der Waals surface area contributed by atoms with Crippen LogP contribution in [0.3, 0.4) is 0 Å². The normalized spacial score (nSPS) is 15.5. The standard InChI is InChI=1S/C12H14BrN3O3S2/c13-12-11(3-9(19-12)4-15-8-1-2-8)21(17,18)16-6-10-5-14-7-20-10/h3,5,7-8,15-16H,1-2,4,6H2. The fourth-order valence-corrected chi connectivity index (χ4v) is 4.40. The number of thiazole rings is 1. The summed E-state index contributed by atoms with van der Waals surface area (Å²) < 4.78 is 32.8. The van der Waals surface area contributed by atoms with Crippen LogP contribution < -0.4 is 10.0 Å². The molecule has 0 aliphatic heterocycles. The third-order valence-electron chi connectivity index (χ3n) is 3.06. The molecule has 9 heteroatoms. The Hall–Kier alpha value is -0.740. The van der Waals surface area contributed by atoms with Crippen LogP contribution in [0.2, 0.25) is 0 Å². The molecule has 0 spiro atoms. The van der Waals surface area contributed by atoms with Crippen LogP contribution in [0.25, 0.3) is 0 Å². The van der Waals surface area contributed by atoms with Gasteiger partial charge in [-0.2, -0.15) is 0 Å². The topological polar surface area (TPSA) is 84.2 Å². The van der Waals surface area contributed by atoms with Gasteiger partial charge in [0, 0.05) is 29.7 Å². The first-order valence-corrected chi connectivity index (χ1v) is 9.59. The van der Waals surface area contributed by atoms with E-state index in [-0.39, 0.29) is 16.1 Å². The highest BCUT2D eigenvalue weighted by molar-refractivity contribution is 9.10. The highest BCUT2D eigenvalue weighted by Crippen LogP contribution is 2.27. The lowest BCUT2D eigenvalue weighted by atomic mass is 10.4. The molecule has 0 amide bonds. The maximum atomic E-state index is 12.3. The first-order valence-electron chi connectivity index (χ1n) is 6.43. The fraction of sp³-hybridized carbons (Fsp3) is 0.417. The van der Waals surface area contributed by atoms with E-state index >= 15 is 0 Å². The third kappa shape index (κ3) is 3.92. The number of nitrogens with one attached hydrogen (secondary N) is 2. The van der Waals surface area contributed by atoms with E-state index in [0.717, 1.165) is 4.88 Å². The molecule has 6 nitrogen and oxygen atoms in total. The minimum atomic E-state index is -3.61. The van der Waals surface area contributed by atoms with Gasteiger partial charge in [0.25, 0.3) is 0 Å². The summed E-state index contributed by atoms with van der Waals surface area (Å²) in [4.78, 5) is 4.89. The van der Waals surface area contributed by atoms with Gasteiger partial charge in [-0.3, -0.25) is 4.98 Å². The zero-order chi connectivity index (χ0) is 14.9. The number of furan rings is 1. The summed E-state index contributed by atoms with van der Waals surface area (Å²) in [5.74, 6) is 0.604. The number of aromatic nitrogens is 1. The van der Waals surface area contributed by atoms with Crippen molar-refractivity contribution >= 4 is 37.3 Å². The predicted octanol–water partition coefficient (Wildman–Crippen LogP) is 2.23. The molecule has 1 fully saturated rings. The molecule has 1 saturated carbocycles. The van der Waals surface area contributed by atoms with Gasteiger partial charge in [0.05, 0.1) is 12.1 Å². The van der Waals surface area contributed by atoms with Crippen molar-refractivity contribution in [2.75, 3.05) is 0 Å². The molecule has 2 N–H and O–H groups in total. The second kappa shape index (κ2) is 6.17. The molecule has 3 rings (SSSR count). The molecule has 0 radical (unpaired) electrons. The molecule has 1 aliphatic carbocycles. The molecule has 2 aromatic heterocycles. The fourth-order valence-electron chi connectivity index (χ4n) is 1.77. The number of nitrogens with zero attached hydrogens (tertiary/aromatic N) is 1. The summed E-state index contributed by atoms with van der Waals surface area (Å²) in [6.45, 7) is 0.758. The van der Waals surface area contributed by atoms with Crippen LogP contribution in [0.15, 0.2) is 31.8 Å². The Balaban J connectivity index is 1.68. The highest BCUT2D eigenvalue weighted by atomic mass is 79.9. The minimum absolute atomic E-state index is 0.125. The van der Waals surface area contributed by atoms with Gasteiger partial charge in [-0.1, -0.05) is 0 Å². The lowest BCUT2D eigenvalue weighted by Crippen LogP contribution is -2.22. The number of halogens is 1. The minimum Gasteiger partial charge on any atom is -0.452 e. The summed E-state index contributed by atoms with van der Waals surface area (Å²) >= 11 is 4.57. The number of hydrogen-bond acceptors (Lipinski definition) is 6. The van der Waals surface area contributed by atoms with Crippen molar-refractivity contribution in [3.8, 4) is 0 Å². The SMILES string of the molecule is O=S(=O)(NCc1cncs1)c1cc(CNC2CC2)oc1Br. The molecular weight excluding hydrogens is 378 g/mol. The van der Waals surface area contributed by atoms with Crippen molar-refractivity contribution in [3.05, 3.63) is 33.1 Å². The average Bonchev–Trinajstić information content (AvgIpc) is 2.97. The molecule has 114 valence electrons. The van der Waals surface area contributed by atoms with Gasteiger partial charge in [-0.15, -0.1) is 11.3 Å². The van der Waals surface area contributed by atoms with E-state index < -0.39 is 10.0 Å². The Morgan fingerprint density at radius 3 is 2.90 bits per heavy atom. The molecule has 0 aromatic carbocycles. The first-order chi connectivity index (χ1) is 10.0. The summed E-state index contributed by atoms with van der Waals surface area (Å²) in [5.41, 5.74) is 1.67. The third-order valence-corrected chi connectivity index (χ3v) is 6.10. The molecule has 0 atom stereocenters. The Kier molecular flexibility index (Phi) is 4.46. The lowest BCUT2D eigenvalue weighted by molar-refractivity contribution is 0.460. The number of sulfonamides is 1. The number of rotatable bonds is 7. The van der Waals surface area contributed by atoms with Gasteiger partial charge in [-0.05, 0) is 28.8 Å². The number of hydrogen-bond donors (Lipinski definition) is 2. The average molecular weight is 392 g/mol. The maximum absolute atomic E-state index is 12.3. The molecule has 2 aromatic rings. The van der Waals surface area contributed by atoms with Crippen LogP contribution in [-0.4, -0.2) is 19.4 Å². The van der Waals surface area contributed by atoms with E-state index in [4.69, 9.17) is 4.42 Å². The van der Waals surface area contributed by atoms with E-state index in [9.17, 15) is 8.42 Å². The van der Waals surface area contributed by atoms with Gasteiger partial charge in [0.15, 0.2) is 4.67 Å². The van der Waals surface area contributed by atoms with Crippen molar-refractivity contribution in [3.63, 3.8) is 0 Å². The van der Waals surface area contributed by atoms with Crippen LogP contribution >= 0.6 is 27.3 Å². The van der Waals surface area contributed by atoms with Crippen molar-refractivity contribution in [1.82, 2.24) is 15.0 Å². The van der Waals surface area contributed by atoms with E-state index in [2.05, 4.69) is 31.0 Å².